The van der Waals surface area contributed by atoms with Crippen LogP contribution in [-0.2, 0) is 9.53 Å². The maximum Gasteiger partial charge on any atom is 0.338 e. The van der Waals surface area contributed by atoms with E-state index in [1.807, 2.05) is 24.3 Å². The van der Waals surface area contributed by atoms with Crippen LogP contribution in [0.4, 0.5) is 0 Å². The Morgan fingerprint density at radius 2 is 1.87 bits per heavy atom. The summed E-state index contributed by atoms with van der Waals surface area (Å²) in [5.74, 6) is 0.587. The van der Waals surface area contributed by atoms with Gasteiger partial charge in [0.1, 0.15) is 11.5 Å². The summed E-state index contributed by atoms with van der Waals surface area (Å²) in [7, 11) is 3.01. The van der Waals surface area contributed by atoms with E-state index in [1.165, 1.54) is 29.4 Å². The van der Waals surface area contributed by atoms with Crippen molar-refractivity contribution in [3.8, 4) is 5.75 Å². The van der Waals surface area contributed by atoms with Gasteiger partial charge in [-0.1, -0.05) is 48.0 Å². The lowest BCUT2D eigenvalue weighted by molar-refractivity contribution is -0.136. The van der Waals surface area contributed by atoms with Crippen LogP contribution in [0.2, 0.25) is 0 Å². The first-order chi connectivity index (χ1) is 14.5. The van der Waals surface area contributed by atoms with E-state index in [1.54, 1.807) is 7.11 Å². The third-order valence-corrected chi connectivity index (χ3v) is 5.40. The Kier molecular flexibility index (Phi) is 9.16. The van der Waals surface area contributed by atoms with Crippen molar-refractivity contribution in [1.82, 2.24) is 4.90 Å². The molecule has 5 nitrogen and oxygen atoms in total. The van der Waals surface area contributed by atoms with Crippen molar-refractivity contribution < 1.29 is 19.4 Å². The van der Waals surface area contributed by atoms with E-state index in [9.17, 15) is 9.90 Å². The summed E-state index contributed by atoms with van der Waals surface area (Å²) in [6.07, 6.45) is 3.59. The van der Waals surface area contributed by atoms with Gasteiger partial charge in [-0.25, -0.2) is 4.79 Å². The van der Waals surface area contributed by atoms with Gasteiger partial charge in [-0.05, 0) is 42.2 Å². The predicted molar refractivity (Wildman–Crippen MR) is 127 cm³/mol. The lowest BCUT2D eigenvalue weighted by Gasteiger charge is -2.29. The first-order valence-corrected chi connectivity index (χ1v) is 10.1. The number of aliphatic hydroxyl groups excluding tert-OH is 1. The van der Waals surface area contributed by atoms with Gasteiger partial charge in [0.15, 0.2) is 0 Å². The summed E-state index contributed by atoms with van der Waals surface area (Å²) < 4.78 is 10.00. The molecular formula is C25H30ClNO4. The Hall–Kier alpha value is -2.76. The smallest absolute Gasteiger partial charge is 0.338 e. The second-order valence-corrected chi connectivity index (χ2v) is 7.47. The minimum absolute atomic E-state index is 0. The van der Waals surface area contributed by atoms with Crippen LogP contribution in [0.1, 0.15) is 29.5 Å². The molecular weight excluding hydrogens is 414 g/mol. The van der Waals surface area contributed by atoms with Crippen LogP contribution >= 0.6 is 12.4 Å². The minimum Gasteiger partial charge on any atom is -0.512 e. The molecule has 0 saturated carbocycles. The number of halogens is 1. The molecule has 2 aromatic carbocycles. The molecule has 1 aliphatic carbocycles. The van der Waals surface area contributed by atoms with Crippen LogP contribution in [-0.4, -0.2) is 49.8 Å². The number of benzene rings is 2. The molecule has 1 N–H and O–H groups in total. The number of esters is 1. The Labute approximate surface area is 190 Å². The monoisotopic (exact) mass is 443 g/mol. The molecule has 0 spiro atoms. The molecule has 166 valence electrons. The number of nitrogens with zero attached hydrogens (tertiary/aromatic N) is 1. The number of aliphatic hydroxyl groups is 1. The van der Waals surface area contributed by atoms with Crippen molar-refractivity contribution in [2.45, 2.75) is 19.8 Å². The average Bonchev–Trinajstić information content (AvgIpc) is 2.76. The van der Waals surface area contributed by atoms with Crippen molar-refractivity contribution in [2.75, 3.05) is 33.9 Å². The first kappa shape index (κ1) is 24.5. The second-order valence-electron chi connectivity index (χ2n) is 7.47. The van der Waals surface area contributed by atoms with Gasteiger partial charge in [0.2, 0.25) is 0 Å². The van der Waals surface area contributed by atoms with Crippen LogP contribution in [0, 0.1) is 6.92 Å². The average molecular weight is 444 g/mol. The Balaban J connectivity index is 0.000000364. The maximum atomic E-state index is 11.7. The van der Waals surface area contributed by atoms with Gasteiger partial charge in [0.05, 0.1) is 19.8 Å². The Morgan fingerprint density at radius 3 is 2.48 bits per heavy atom. The Morgan fingerprint density at radius 1 is 1.13 bits per heavy atom. The summed E-state index contributed by atoms with van der Waals surface area (Å²) in [4.78, 5) is 13.8. The summed E-state index contributed by atoms with van der Waals surface area (Å²) in [6.45, 7) is 4.12. The van der Waals surface area contributed by atoms with E-state index in [0.29, 0.717) is 18.5 Å². The highest BCUT2D eigenvalue weighted by atomic mass is 35.5. The predicted octanol–water partition coefficient (Wildman–Crippen LogP) is 5.05. The van der Waals surface area contributed by atoms with Crippen LogP contribution in [0.15, 0.2) is 59.9 Å². The topological polar surface area (TPSA) is 59.0 Å². The third-order valence-electron chi connectivity index (χ3n) is 5.40. The minimum atomic E-state index is -0.440. The van der Waals surface area contributed by atoms with Crippen molar-refractivity contribution in [2.24, 2.45) is 0 Å². The zero-order chi connectivity index (χ0) is 21.5. The highest BCUT2D eigenvalue weighted by molar-refractivity contribution is 5.96. The van der Waals surface area contributed by atoms with Crippen molar-refractivity contribution in [3.05, 3.63) is 76.6 Å². The molecule has 0 unspecified atom stereocenters. The fourth-order valence-corrected chi connectivity index (χ4v) is 3.58. The molecule has 0 bridgehead atoms. The van der Waals surface area contributed by atoms with Gasteiger partial charge in [-0.2, -0.15) is 0 Å². The van der Waals surface area contributed by atoms with Gasteiger partial charge in [-0.15, -0.1) is 12.4 Å². The molecule has 4 rings (SSSR count). The lowest BCUT2D eigenvalue weighted by atomic mass is 9.86. The largest absolute Gasteiger partial charge is 0.512 e. The highest BCUT2D eigenvalue weighted by Gasteiger charge is 2.25. The number of carbonyl (C=O) groups is 1. The zero-order valence-electron chi connectivity index (χ0n) is 18.3. The fourth-order valence-electron chi connectivity index (χ4n) is 3.58. The molecule has 31 heavy (non-hydrogen) atoms. The number of fused-ring (bicyclic) bond motifs is 1. The molecule has 0 saturated heterocycles. The number of methoxy groups -OCH3 is 2. The van der Waals surface area contributed by atoms with Crippen LogP contribution in [0.3, 0.4) is 0 Å². The van der Waals surface area contributed by atoms with Crippen LogP contribution in [0.25, 0.3) is 11.6 Å². The molecule has 0 aromatic heterocycles. The molecule has 2 aromatic rings. The molecule has 1 heterocycles. The first-order valence-electron chi connectivity index (χ1n) is 10.1. The SMILES string of the molecule is COC(=O)C1=C(O)CCN(CCC2=Cc3ccc(OC)cc32)C1.Cc1ccccc1.Cl. The molecule has 2 aliphatic rings. The van der Waals surface area contributed by atoms with E-state index in [2.05, 4.69) is 42.2 Å². The van der Waals surface area contributed by atoms with Gasteiger partial charge in [0.25, 0.3) is 0 Å². The quantitative estimate of drug-likeness (QED) is 0.655. The van der Waals surface area contributed by atoms with Crippen molar-refractivity contribution in [3.63, 3.8) is 0 Å². The fraction of sp³-hybridized carbons (Fsp3) is 0.320. The second kappa shape index (κ2) is 11.6. The molecule has 0 atom stereocenters. The van der Waals surface area contributed by atoms with Crippen molar-refractivity contribution >= 4 is 30.0 Å². The molecule has 1 aliphatic heterocycles. The number of carbonyl (C=O) groups excluding carboxylic acids is 1. The lowest BCUT2D eigenvalue weighted by Crippen LogP contribution is -2.35. The summed E-state index contributed by atoms with van der Waals surface area (Å²) in [5, 5.41) is 9.84. The molecule has 0 radical (unpaired) electrons. The van der Waals surface area contributed by atoms with E-state index in [0.717, 1.165) is 25.3 Å². The third kappa shape index (κ3) is 6.36. The summed E-state index contributed by atoms with van der Waals surface area (Å²) in [5.41, 5.74) is 5.49. The number of hydrogen-bond acceptors (Lipinski definition) is 5. The van der Waals surface area contributed by atoms with Crippen LogP contribution in [0.5, 0.6) is 5.75 Å². The number of aryl methyl sites for hydroxylation is 1. The summed E-state index contributed by atoms with van der Waals surface area (Å²) >= 11 is 0. The van der Waals surface area contributed by atoms with E-state index in [4.69, 9.17) is 9.47 Å². The molecule has 6 heteroatoms. The Bertz CT molecular complexity index is 953. The van der Waals surface area contributed by atoms with E-state index in [-0.39, 0.29) is 18.2 Å². The maximum absolute atomic E-state index is 11.7. The van der Waals surface area contributed by atoms with E-state index < -0.39 is 5.97 Å². The standard InChI is InChI=1S/C18H21NO4.C7H8.ClH/c1-22-14-4-3-12-9-13(15(12)10-14)5-7-19-8-6-17(20)16(11-19)18(21)23-2;1-7-5-3-2-4-6-7;/h3-4,9-10,20H,5-8,11H2,1-2H3;2-6H,1H3;1H. The zero-order valence-corrected chi connectivity index (χ0v) is 19.1. The molecule has 0 amide bonds. The molecule has 0 fully saturated rings. The van der Waals surface area contributed by atoms with Gasteiger partial charge in [0, 0.05) is 26.1 Å². The van der Waals surface area contributed by atoms with Gasteiger partial charge in [-0.3, -0.25) is 4.90 Å². The highest BCUT2D eigenvalue weighted by Crippen LogP contribution is 2.37. The number of hydrogen-bond donors (Lipinski definition) is 1. The van der Waals surface area contributed by atoms with E-state index >= 15 is 0 Å². The van der Waals surface area contributed by atoms with Gasteiger partial charge < -0.3 is 14.6 Å². The normalized spacial score (nSPS) is 14.7. The number of rotatable bonds is 5. The van der Waals surface area contributed by atoms with Gasteiger partial charge >= 0.3 is 5.97 Å². The summed E-state index contributed by atoms with van der Waals surface area (Å²) in [6, 6.07) is 16.4. The van der Waals surface area contributed by atoms with Crippen molar-refractivity contribution in [1.29, 1.82) is 0 Å². The van der Waals surface area contributed by atoms with Crippen LogP contribution < -0.4 is 4.74 Å². The number of ether oxygens (including phenoxy) is 2.